The summed E-state index contributed by atoms with van der Waals surface area (Å²) >= 11 is 0. The predicted octanol–water partition coefficient (Wildman–Crippen LogP) is 11.9. The summed E-state index contributed by atoms with van der Waals surface area (Å²) in [6.07, 6.45) is 0. The van der Waals surface area contributed by atoms with Gasteiger partial charge in [-0.2, -0.15) is 0 Å². The van der Waals surface area contributed by atoms with Crippen molar-refractivity contribution in [2.75, 3.05) is 0 Å². The lowest BCUT2D eigenvalue weighted by atomic mass is 9.96. The molecule has 49 heavy (non-hydrogen) atoms. The van der Waals surface area contributed by atoms with E-state index < -0.39 is 0 Å². The molecular weight excluding hydrogens is 599 g/mol. The second kappa shape index (κ2) is 11.0. The van der Waals surface area contributed by atoms with Crippen LogP contribution in [0.25, 0.3) is 99.5 Å². The van der Waals surface area contributed by atoms with Crippen LogP contribution in [0.5, 0.6) is 0 Å². The van der Waals surface area contributed by atoms with Gasteiger partial charge in [0.15, 0.2) is 17.5 Å². The number of benzene rings is 8. The number of rotatable bonds is 4. The zero-order valence-electron chi connectivity index (χ0n) is 26.3. The highest BCUT2D eigenvalue weighted by molar-refractivity contribution is 6.14. The van der Waals surface area contributed by atoms with E-state index in [9.17, 15) is 0 Å². The normalized spacial score (nSPS) is 11.7. The van der Waals surface area contributed by atoms with E-state index in [2.05, 4.69) is 133 Å². The number of hydrogen-bond acceptors (Lipinski definition) is 4. The van der Waals surface area contributed by atoms with Crippen molar-refractivity contribution < 1.29 is 4.42 Å². The molecule has 0 spiro atoms. The Morgan fingerprint density at radius 3 is 1.55 bits per heavy atom. The van der Waals surface area contributed by atoms with Crippen molar-refractivity contribution in [1.82, 2.24) is 15.0 Å². The largest absolute Gasteiger partial charge is 0.455 e. The van der Waals surface area contributed by atoms with Crippen molar-refractivity contribution in [1.29, 1.82) is 0 Å². The average molecular weight is 626 g/mol. The van der Waals surface area contributed by atoms with Gasteiger partial charge >= 0.3 is 0 Å². The third-order valence-corrected chi connectivity index (χ3v) is 9.44. The minimum Gasteiger partial charge on any atom is -0.455 e. The Bertz CT molecular complexity index is 2890. The molecule has 0 saturated heterocycles. The van der Waals surface area contributed by atoms with Crippen LogP contribution in [0.15, 0.2) is 168 Å². The molecule has 4 nitrogen and oxygen atoms in total. The fourth-order valence-corrected chi connectivity index (χ4v) is 6.94. The minimum atomic E-state index is 0.563. The highest BCUT2D eigenvalue weighted by Gasteiger charge is 2.20. The lowest BCUT2D eigenvalue weighted by Gasteiger charge is -2.11. The van der Waals surface area contributed by atoms with Gasteiger partial charge in [-0.15, -0.1) is 0 Å². The predicted molar refractivity (Wildman–Crippen MR) is 201 cm³/mol. The zero-order chi connectivity index (χ0) is 32.3. The van der Waals surface area contributed by atoms with Gasteiger partial charge in [0.2, 0.25) is 0 Å². The van der Waals surface area contributed by atoms with Gasteiger partial charge in [-0.3, -0.25) is 0 Å². The van der Waals surface area contributed by atoms with Crippen LogP contribution < -0.4 is 0 Å². The summed E-state index contributed by atoms with van der Waals surface area (Å²) < 4.78 is 6.76. The second-order valence-corrected chi connectivity index (χ2v) is 12.5. The number of nitrogens with zero attached hydrogens (tertiary/aromatic N) is 3. The van der Waals surface area contributed by atoms with Crippen LogP contribution in [-0.2, 0) is 0 Å². The van der Waals surface area contributed by atoms with Crippen molar-refractivity contribution in [3.05, 3.63) is 164 Å². The van der Waals surface area contributed by atoms with Crippen LogP contribution in [0.3, 0.4) is 0 Å². The molecule has 4 heteroatoms. The van der Waals surface area contributed by atoms with Crippen LogP contribution in [0, 0.1) is 0 Å². The first-order valence-corrected chi connectivity index (χ1v) is 16.4. The van der Waals surface area contributed by atoms with E-state index in [0.717, 1.165) is 60.5 Å². The molecule has 0 atom stereocenters. The topological polar surface area (TPSA) is 51.8 Å². The number of hydrogen-bond donors (Lipinski definition) is 0. The molecule has 2 aromatic heterocycles. The summed E-state index contributed by atoms with van der Waals surface area (Å²) in [5.74, 6) is 1.79. The Morgan fingerprint density at radius 1 is 0.327 bits per heavy atom. The first kappa shape index (κ1) is 27.5. The average Bonchev–Trinajstić information content (AvgIpc) is 3.53. The molecule has 2 heterocycles. The maximum absolute atomic E-state index is 6.76. The van der Waals surface area contributed by atoms with Gasteiger partial charge in [0.1, 0.15) is 11.2 Å². The molecule has 0 amide bonds. The van der Waals surface area contributed by atoms with E-state index in [0.29, 0.717) is 17.5 Å². The Balaban J connectivity index is 1.27. The minimum absolute atomic E-state index is 0.563. The van der Waals surface area contributed by atoms with E-state index in [-0.39, 0.29) is 0 Å². The van der Waals surface area contributed by atoms with Crippen LogP contribution in [0.1, 0.15) is 0 Å². The smallest absolute Gasteiger partial charge is 0.167 e. The molecule has 0 N–H and O–H groups in total. The number of fused-ring (bicyclic) bond motifs is 6. The number of furan rings is 1. The lowest BCUT2D eigenvalue weighted by Crippen LogP contribution is -2.00. The van der Waals surface area contributed by atoms with Gasteiger partial charge in [-0.1, -0.05) is 127 Å². The quantitative estimate of drug-likeness (QED) is 0.195. The Labute approximate surface area is 282 Å². The van der Waals surface area contributed by atoms with Crippen molar-refractivity contribution in [3.8, 4) is 45.3 Å². The maximum Gasteiger partial charge on any atom is 0.167 e. The van der Waals surface area contributed by atoms with Crippen LogP contribution in [0.2, 0.25) is 0 Å². The molecule has 8 aromatic carbocycles. The third kappa shape index (κ3) is 4.73. The molecule has 0 aliphatic heterocycles. The Morgan fingerprint density at radius 2 is 0.857 bits per heavy atom. The summed E-state index contributed by atoms with van der Waals surface area (Å²) in [4.78, 5) is 15.4. The fourth-order valence-electron chi connectivity index (χ4n) is 6.94. The molecule has 0 aliphatic rings. The first-order valence-electron chi connectivity index (χ1n) is 16.4. The molecule has 228 valence electrons. The van der Waals surface area contributed by atoms with Crippen molar-refractivity contribution in [3.63, 3.8) is 0 Å². The second-order valence-electron chi connectivity index (χ2n) is 12.5. The van der Waals surface area contributed by atoms with E-state index in [4.69, 9.17) is 19.4 Å². The van der Waals surface area contributed by atoms with E-state index in [1.807, 2.05) is 30.3 Å². The van der Waals surface area contributed by atoms with Gasteiger partial charge in [0.05, 0.1) is 5.56 Å². The highest BCUT2D eigenvalue weighted by Crippen LogP contribution is 2.41. The highest BCUT2D eigenvalue weighted by atomic mass is 16.3. The molecule has 0 saturated carbocycles. The molecule has 0 bridgehead atoms. The summed E-state index contributed by atoms with van der Waals surface area (Å²) in [6, 6.07) is 57.1. The van der Waals surface area contributed by atoms with Crippen molar-refractivity contribution in [2.24, 2.45) is 0 Å². The Kier molecular flexibility index (Phi) is 6.15. The molecule has 10 aromatic rings. The first-order chi connectivity index (χ1) is 24.2. The summed E-state index contributed by atoms with van der Waals surface area (Å²) in [5, 5.41) is 9.08. The molecule has 0 radical (unpaired) electrons. The summed E-state index contributed by atoms with van der Waals surface area (Å²) in [5.41, 5.74) is 6.44. The lowest BCUT2D eigenvalue weighted by molar-refractivity contribution is 0.670. The number of aromatic nitrogens is 3. The van der Waals surface area contributed by atoms with Crippen molar-refractivity contribution >= 4 is 54.3 Å². The SMILES string of the molecule is c1ccc(-c2nc(-c3ccc4ccccc4c3)nc(-c3cc(-c4ccc5ccccc5c4)cc4c3oc3cc5ccccc5cc34)n2)cc1. The maximum atomic E-state index is 6.76. The van der Waals surface area contributed by atoms with E-state index in [1.54, 1.807) is 0 Å². The van der Waals surface area contributed by atoms with Crippen LogP contribution in [0.4, 0.5) is 0 Å². The standard InChI is InChI=1S/C45H27N3O/c1-2-12-30(13-3-1)43-46-44(36-21-19-29-11-5-7-15-32(29)23-36)48-45(47-43)40-26-37(35-20-18-28-10-4-6-14-31(28)22-35)25-39-38-24-33-16-8-9-17-34(33)27-41(38)49-42(39)40/h1-27H. The monoisotopic (exact) mass is 625 g/mol. The van der Waals surface area contributed by atoms with Gasteiger partial charge in [-0.25, -0.2) is 15.0 Å². The van der Waals surface area contributed by atoms with Gasteiger partial charge in [0, 0.05) is 21.9 Å². The molecule has 0 unspecified atom stereocenters. The molecule has 0 aliphatic carbocycles. The van der Waals surface area contributed by atoms with E-state index in [1.165, 1.54) is 21.5 Å². The van der Waals surface area contributed by atoms with E-state index >= 15 is 0 Å². The molecular formula is C45H27N3O. The molecule has 10 rings (SSSR count). The van der Waals surface area contributed by atoms with Crippen LogP contribution >= 0.6 is 0 Å². The van der Waals surface area contributed by atoms with Crippen molar-refractivity contribution in [2.45, 2.75) is 0 Å². The fraction of sp³-hybridized carbons (Fsp3) is 0. The molecule has 0 fully saturated rings. The van der Waals surface area contributed by atoms with Gasteiger partial charge in [0.25, 0.3) is 0 Å². The van der Waals surface area contributed by atoms with Gasteiger partial charge in [-0.05, 0) is 79.8 Å². The summed E-state index contributed by atoms with van der Waals surface area (Å²) in [6.45, 7) is 0. The Hall–Kier alpha value is -6.65. The van der Waals surface area contributed by atoms with Gasteiger partial charge < -0.3 is 4.42 Å². The zero-order valence-corrected chi connectivity index (χ0v) is 26.3. The van der Waals surface area contributed by atoms with Crippen LogP contribution in [-0.4, -0.2) is 15.0 Å². The third-order valence-electron chi connectivity index (χ3n) is 9.44. The summed E-state index contributed by atoms with van der Waals surface area (Å²) in [7, 11) is 0.